The summed E-state index contributed by atoms with van der Waals surface area (Å²) in [5, 5.41) is 3.11. The maximum absolute atomic E-state index is 13.6. The van der Waals surface area contributed by atoms with Gasteiger partial charge in [0.1, 0.15) is 6.04 Å². The Morgan fingerprint density at radius 1 is 1.00 bits per heavy atom. The molecular formula is C28H31N3O2. The van der Waals surface area contributed by atoms with Crippen LogP contribution in [-0.2, 0) is 17.8 Å². The fourth-order valence-electron chi connectivity index (χ4n) is 4.50. The molecule has 33 heavy (non-hydrogen) atoms. The zero-order chi connectivity index (χ0) is 23.4. The maximum Gasteiger partial charge on any atom is 0.255 e. The van der Waals surface area contributed by atoms with E-state index < -0.39 is 6.04 Å². The highest BCUT2D eigenvalue weighted by molar-refractivity contribution is 6.04. The fraction of sp³-hybridized carbons (Fsp3) is 0.286. The Morgan fingerprint density at radius 3 is 2.36 bits per heavy atom. The number of nitrogens with one attached hydrogen (secondary N) is 1. The summed E-state index contributed by atoms with van der Waals surface area (Å²) in [7, 11) is 0. The number of benzene rings is 3. The lowest BCUT2D eigenvalue weighted by molar-refractivity contribution is -0.120. The predicted molar refractivity (Wildman–Crippen MR) is 134 cm³/mol. The van der Waals surface area contributed by atoms with Gasteiger partial charge in [-0.3, -0.25) is 9.59 Å². The Morgan fingerprint density at radius 2 is 1.70 bits per heavy atom. The zero-order valence-electron chi connectivity index (χ0n) is 19.5. The Hall–Kier alpha value is -3.60. The third-order valence-electron chi connectivity index (χ3n) is 6.40. The molecule has 1 atom stereocenters. The largest absolute Gasteiger partial charge is 0.372 e. The summed E-state index contributed by atoms with van der Waals surface area (Å²) in [6.45, 7) is 8.57. The standard InChI is InChI=1S/C28H31N3O2/c1-4-30(5-2)23-15-16-25(20(3)17-23)29-27(32)26(18-21-11-7-6-8-12-21)31-19-22-13-9-10-14-24(22)28(31)33/h6-17,26H,4-5,18-19H2,1-3H3,(H,29,32). The summed E-state index contributed by atoms with van der Waals surface area (Å²) < 4.78 is 0. The second-order valence-electron chi connectivity index (χ2n) is 8.46. The predicted octanol–water partition coefficient (Wildman–Crippen LogP) is 5.05. The summed E-state index contributed by atoms with van der Waals surface area (Å²) in [4.78, 5) is 30.7. The van der Waals surface area contributed by atoms with Gasteiger partial charge in [0, 0.05) is 43.0 Å². The van der Waals surface area contributed by atoms with Crippen LogP contribution in [0.5, 0.6) is 0 Å². The third-order valence-corrected chi connectivity index (χ3v) is 6.40. The second kappa shape index (κ2) is 9.90. The van der Waals surface area contributed by atoms with E-state index in [0.29, 0.717) is 18.5 Å². The van der Waals surface area contributed by atoms with Gasteiger partial charge in [-0.2, -0.15) is 0 Å². The number of nitrogens with zero attached hydrogens (tertiary/aromatic N) is 2. The van der Waals surface area contributed by atoms with Crippen LogP contribution in [0.25, 0.3) is 0 Å². The van der Waals surface area contributed by atoms with E-state index in [4.69, 9.17) is 0 Å². The molecule has 1 aliphatic rings. The highest BCUT2D eigenvalue weighted by Gasteiger charge is 2.36. The van der Waals surface area contributed by atoms with Crippen LogP contribution < -0.4 is 10.2 Å². The van der Waals surface area contributed by atoms with Crippen LogP contribution in [0.3, 0.4) is 0 Å². The van der Waals surface area contributed by atoms with E-state index in [0.717, 1.165) is 41.2 Å². The number of fused-ring (bicyclic) bond motifs is 1. The SMILES string of the molecule is CCN(CC)c1ccc(NC(=O)C(Cc2ccccc2)N2Cc3ccccc3C2=O)c(C)c1. The van der Waals surface area contributed by atoms with Crippen molar-refractivity contribution in [2.24, 2.45) is 0 Å². The minimum Gasteiger partial charge on any atom is -0.372 e. The molecule has 0 fully saturated rings. The molecule has 0 radical (unpaired) electrons. The van der Waals surface area contributed by atoms with E-state index >= 15 is 0 Å². The van der Waals surface area contributed by atoms with Crippen molar-refractivity contribution in [3.63, 3.8) is 0 Å². The molecule has 5 nitrogen and oxygen atoms in total. The van der Waals surface area contributed by atoms with Crippen molar-refractivity contribution in [3.05, 3.63) is 95.1 Å². The van der Waals surface area contributed by atoms with Gasteiger partial charge < -0.3 is 15.1 Å². The number of hydrogen-bond donors (Lipinski definition) is 1. The Balaban J connectivity index is 1.60. The Bertz CT molecular complexity index is 1140. The van der Waals surface area contributed by atoms with Crippen LogP contribution in [0.1, 0.15) is 40.9 Å². The molecule has 170 valence electrons. The first-order valence-electron chi connectivity index (χ1n) is 11.6. The van der Waals surface area contributed by atoms with Crippen LogP contribution in [-0.4, -0.2) is 35.8 Å². The molecule has 1 N–H and O–H groups in total. The number of aryl methyl sites for hydroxylation is 1. The average Bonchev–Trinajstić information content (AvgIpc) is 3.17. The average molecular weight is 442 g/mol. The van der Waals surface area contributed by atoms with Crippen LogP contribution in [0.15, 0.2) is 72.8 Å². The summed E-state index contributed by atoms with van der Waals surface area (Å²) in [5.41, 5.74) is 5.59. The number of carbonyl (C=O) groups excluding carboxylic acids is 2. The zero-order valence-corrected chi connectivity index (χ0v) is 19.5. The van der Waals surface area contributed by atoms with Crippen molar-refractivity contribution >= 4 is 23.2 Å². The van der Waals surface area contributed by atoms with E-state index in [9.17, 15) is 9.59 Å². The van der Waals surface area contributed by atoms with Crippen LogP contribution in [0.2, 0.25) is 0 Å². The first kappa shape index (κ1) is 22.6. The summed E-state index contributed by atoms with van der Waals surface area (Å²) in [5.74, 6) is -0.256. The van der Waals surface area contributed by atoms with Gasteiger partial charge in [-0.05, 0) is 61.7 Å². The molecule has 0 saturated carbocycles. The van der Waals surface area contributed by atoms with Crippen molar-refractivity contribution in [1.29, 1.82) is 0 Å². The van der Waals surface area contributed by atoms with Gasteiger partial charge in [0.05, 0.1) is 0 Å². The molecule has 1 aliphatic heterocycles. The Labute approximate surface area is 196 Å². The van der Waals surface area contributed by atoms with Crippen molar-refractivity contribution in [1.82, 2.24) is 4.90 Å². The molecule has 1 heterocycles. The van der Waals surface area contributed by atoms with Gasteiger partial charge in [-0.25, -0.2) is 0 Å². The highest BCUT2D eigenvalue weighted by Crippen LogP contribution is 2.28. The van der Waals surface area contributed by atoms with Gasteiger partial charge >= 0.3 is 0 Å². The molecule has 0 spiro atoms. The van der Waals surface area contributed by atoms with Crippen LogP contribution in [0.4, 0.5) is 11.4 Å². The van der Waals surface area contributed by atoms with E-state index in [2.05, 4.69) is 30.1 Å². The lowest BCUT2D eigenvalue weighted by Gasteiger charge is -2.28. The number of amides is 2. The lowest BCUT2D eigenvalue weighted by Crippen LogP contribution is -2.45. The molecule has 0 saturated heterocycles. The lowest BCUT2D eigenvalue weighted by atomic mass is 10.0. The van der Waals surface area contributed by atoms with E-state index in [1.165, 1.54) is 0 Å². The Kier molecular flexibility index (Phi) is 6.78. The summed E-state index contributed by atoms with van der Waals surface area (Å²) in [6.07, 6.45) is 0.461. The van der Waals surface area contributed by atoms with Gasteiger partial charge in [0.2, 0.25) is 5.91 Å². The normalized spacial score (nSPS) is 13.5. The van der Waals surface area contributed by atoms with Gasteiger partial charge in [0.15, 0.2) is 0 Å². The first-order valence-corrected chi connectivity index (χ1v) is 11.6. The smallest absolute Gasteiger partial charge is 0.255 e. The molecule has 0 aromatic heterocycles. The van der Waals surface area contributed by atoms with Gasteiger partial charge in [-0.1, -0.05) is 48.5 Å². The monoisotopic (exact) mass is 441 g/mol. The molecule has 3 aromatic carbocycles. The number of rotatable bonds is 8. The minimum absolute atomic E-state index is 0.0877. The number of hydrogen-bond acceptors (Lipinski definition) is 3. The molecular weight excluding hydrogens is 410 g/mol. The molecule has 1 unspecified atom stereocenters. The molecule has 3 aromatic rings. The maximum atomic E-state index is 13.6. The van der Waals surface area contributed by atoms with Crippen molar-refractivity contribution in [2.75, 3.05) is 23.3 Å². The molecule has 4 rings (SSSR count). The van der Waals surface area contributed by atoms with E-state index in [1.807, 2.05) is 73.7 Å². The quantitative estimate of drug-likeness (QED) is 0.532. The number of carbonyl (C=O) groups is 2. The summed E-state index contributed by atoms with van der Waals surface area (Å²) >= 11 is 0. The fourth-order valence-corrected chi connectivity index (χ4v) is 4.50. The van der Waals surface area contributed by atoms with Gasteiger partial charge in [-0.15, -0.1) is 0 Å². The third kappa shape index (κ3) is 4.77. The van der Waals surface area contributed by atoms with Gasteiger partial charge in [0.25, 0.3) is 5.91 Å². The van der Waals surface area contributed by atoms with E-state index in [1.54, 1.807) is 4.90 Å². The summed E-state index contributed by atoms with van der Waals surface area (Å²) in [6, 6.07) is 23.0. The van der Waals surface area contributed by atoms with Crippen molar-refractivity contribution in [2.45, 2.75) is 39.8 Å². The van der Waals surface area contributed by atoms with Crippen LogP contribution in [0, 0.1) is 6.92 Å². The molecule has 0 aliphatic carbocycles. The molecule has 5 heteroatoms. The first-order chi connectivity index (χ1) is 16.0. The number of anilines is 2. The van der Waals surface area contributed by atoms with Crippen LogP contribution >= 0.6 is 0 Å². The topological polar surface area (TPSA) is 52.7 Å². The second-order valence-corrected chi connectivity index (χ2v) is 8.46. The minimum atomic E-state index is -0.603. The van der Waals surface area contributed by atoms with Crippen molar-refractivity contribution in [3.8, 4) is 0 Å². The molecule has 0 bridgehead atoms. The molecule has 2 amide bonds. The van der Waals surface area contributed by atoms with E-state index in [-0.39, 0.29) is 11.8 Å². The van der Waals surface area contributed by atoms with Crippen molar-refractivity contribution < 1.29 is 9.59 Å². The highest BCUT2D eigenvalue weighted by atomic mass is 16.2.